The Morgan fingerprint density at radius 2 is 1.90 bits per heavy atom. The molecule has 2 aromatic heterocycles. The highest BCUT2D eigenvalue weighted by Crippen LogP contribution is 2.37. The molecule has 4 aromatic rings. The lowest BCUT2D eigenvalue weighted by molar-refractivity contribution is 0.104. The van der Waals surface area contributed by atoms with E-state index in [9.17, 15) is 4.79 Å². The minimum atomic E-state index is -0.221. The van der Waals surface area contributed by atoms with Gasteiger partial charge in [0, 0.05) is 63.0 Å². The van der Waals surface area contributed by atoms with Gasteiger partial charge in [0.15, 0.2) is 17.3 Å². The van der Waals surface area contributed by atoms with Gasteiger partial charge in [-0.25, -0.2) is 4.98 Å². The van der Waals surface area contributed by atoms with E-state index in [1.807, 2.05) is 44.7 Å². The molecule has 0 saturated carbocycles. The largest absolute Gasteiger partial charge is 0.493 e. The molecule has 10 heteroatoms. The minimum Gasteiger partial charge on any atom is -0.493 e. The molecular formula is C32H35N7O3. The van der Waals surface area contributed by atoms with Gasteiger partial charge in [-0.1, -0.05) is 24.3 Å². The van der Waals surface area contributed by atoms with E-state index in [1.54, 1.807) is 18.3 Å². The smallest absolute Gasteiger partial charge is 0.221 e. The Morgan fingerprint density at radius 1 is 1.10 bits per heavy atom. The van der Waals surface area contributed by atoms with Gasteiger partial charge in [0.05, 0.1) is 31.5 Å². The third-order valence-corrected chi connectivity index (χ3v) is 7.41. The van der Waals surface area contributed by atoms with Gasteiger partial charge in [-0.15, -0.1) is 0 Å². The molecule has 0 amide bonds. The van der Waals surface area contributed by atoms with E-state index in [1.165, 1.54) is 25.3 Å². The Labute approximate surface area is 245 Å². The van der Waals surface area contributed by atoms with Crippen LogP contribution in [-0.2, 0) is 12.8 Å². The minimum absolute atomic E-state index is 0.104. The Bertz CT molecular complexity index is 1640. The summed E-state index contributed by atoms with van der Waals surface area (Å²) < 4.78 is 11.2. The molecule has 10 nitrogen and oxygen atoms in total. The molecule has 0 spiro atoms. The summed E-state index contributed by atoms with van der Waals surface area (Å²) >= 11 is 0. The van der Waals surface area contributed by atoms with Crippen LogP contribution in [-0.4, -0.2) is 60.5 Å². The van der Waals surface area contributed by atoms with Crippen molar-refractivity contribution in [3.8, 4) is 11.5 Å². The van der Waals surface area contributed by atoms with Crippen LogP contribution in [0.3, 0.4) is 0 Å². The normalized spacial score (nSPS) is 14.5. The van der Waals surface area contributed by atoms with Crippen molar-refractivity contribution in [2.24, 2.45) is 0 Å². The fourth-order valence-electron chi connectivity index (χ4n) is 5.29. The van der Waals surface area contributed by atoms with Crippen LogP contribution in [0.2, 0.25) is 0 Å². The molecule has 0 fully saturated rings. The molecule has 3 heterocycles. The number of nitrogens with zero attached hydrogens (tertiary/aromatic N) is 5. The number of benzene rings is 2. The Hall–Kier alpha value is -5.12. The fourth-order valence-corrected chi connectivity index (χ4v) is 5.29. The summed E-state index contributed by atoms with van der Waals surface area (Å²) in [6.45, 7) is 0.732. The predicted octanol–water partition coefficient (Wildman–Crippen LogP) is 4.05. The number of methoxy groups -OCH3 is 2. The summed E-state index contributed by atoms with van der Waals surface area (Å²) in [4.78, 5) is 30.8. The molecule has 42 heavy (non-hydrogen) atoms. The summed E-state index contributed by atoms with van der Waals surface area (Å²) in [5.74, 6) is 0.968. The number of anilines is 3. The number of ketones is 1. The van der Waals surface area contributed by atoms with Gasteiger partial charge in [-0.2, -0.15) is 4.98 Å². The number of ether oxygens (including phenoxy) is 2. The van der Waals surface area contributed by atoms with Crippen LogP contribution in [0.15, 0.2) is 73.2 Å². The number of nitrogens with two attached hydrogens (primary N) is 2. The van der Waals surface area contributed by atoms with Gasteiger partial charge in [0.25, 0.3) is 0 Å². The van der Waals surface area contributed by atoms with E-state index >= 15 is 0 Å². The summed E-state index contributed by atoms with van der Waals surface area (Å²) in [6.07, 6.45) is 8.10. The first-order valence-electron chi connectivity index (χ1n) is 13.6. The van der Waals surface area contributed by atoms with E-state index in [-0.39, 0.29) is 23.6 Å². The van der Waals surface area contributed by atoms with Gasteiger partial charge >= 0.3 is 0 Å². The molecule has 1 aliphatic rings. The Kier molecular flexibility index (Phi) is 8.24. The van der Waals surface area contributed by atoms with Gasteiger partial charge in [-0.05, 0) is 47.4 Å². The number of rotatable bonds is 9. The van der Waals surface area contributed by atoms with Crippen molar-refractivity contribution in [2.75, 3.05) is 51.2 Å². The molecule has 1 aliphatic heterocycles. The SMILES string of the molecule is COc1cc(Cc2cnc(N)nc2N)cc(C(=O)/C=C/N2CCc3ccccc3C2c2cc(N(C)C)ccn2)c1OC. The fraction of sp³-hybridized carbons (Fsp3) is 0.250. The molecule has 0 aliphatic carbocycles. The number of aromatic nitrogens is 3. The van der Waals surface area contributed by atoms with Crippen LogP contribution < -0.4 is 25.8 Å². The third-order valence-electron chi connectivity index (χ3n) is 7.41. The second-order valence-corrected chi connectivity index (χ2v) is 10.3. The van der Waals surface area contributed by atoms with Crippen molar-refractivity contribution >= 4 is 23.2 Å². The van der Waals surface area contributed by atoms with E-state index in [0.29, 0.717) is 29.0 Å². The summed E-state index contributed by atoms with van der Waals surface area (Å²) in [6, 6.07) is 15.9. The number of nitrogen functional groups attached to an aromatic ring is 2. The van der Waals surface area contributed by atoms with Crippen molar-refractivity contribution in [3.05, 3.63) is 107 Å². The van der Waals surface area contributed by atoms with Gasteiger partial charge in [0.1, 0.15) is 5.82 Å². The molecule has 1 unspecified atom stereocenters. The van der Waals surface area contributed by atoms with Gasteiger partial charge < -0.3 is 30.7 Å². The quantitative estimate of drug-likeness (QED) is 0.226. The molecule has 1 atom stereocenters. The second-order valence-electron chi connectivity index (χ2n) is 10.3. The molecule has 5 rings (SSSR count). The lowest BCUT2D eigenvalue weighted by atomic mass is 9.90. The molecule has 4 N–H and O–H groups in total. The van der Waals surface area contributed by atoms with Crippen LogP contribution >= 0.6 is 0 Å². The monoisotopic (exact) mass is 565 g/mol. The number of carbonyl (C=O) groups excluding carboxylic acids is 1. The molecule has 2 aromatic carbocycles. The van der Waals surface area contributed by atoms with Crippen molar-refractivity contribution in [1.82, 2.24) is 19.9 Å². The zero-order chi connectivity index (χ0) is 29.8. The highest BCUT2D eigenvalue weighted by molar-refractivity contribution is 6.07. The average molecular weight is 566 g/mol. The van der Waals surface area contributed by atoms with Crippen LogP contribution in [0, 0.1) is 0 Å². The molecule has 216 valence electrons. The van der Waals surface area contributed by atoms with Crippen molar-refractivity contribution in [1.29, 1.82) is 0 Å². The van der Waals surface area contributed by atoms with Gasteiger partial charge in [-0.3, -0.25) is 9.78 Å². The number of fused-ring (bicyclic) bond motifs is 1. The summed E-state index contributed by atoms with van der Waals surface area (Å²) in [5.41, 5.74) is 18.0. The second kappa shape index (κ2) is 12.2. The number of hydrogen-bond donors (Lipinski definition) is 2. The number of carbonyl (C=O) groups is 1. The first kappa shape index (κ1) is 28.4. The predicted molar refractivity (Wildman–Crippen MR) is 164 cm³/mol. The highest BCUT2D eigenvalue weighted by Gasteiger charge is 2.28. The van der Waals surface area contributed by atoms with Crippen LogP contribution in [0.4, 0.5) is 17.5 Å². The van der Waals surface area contributed by atoms with E-state index in [0.717, 1.165) is 29.9 Å². The van der Waals surface area contributed by atoms with Crippen LogP contribution in [0.1, 0.15) is 44.3 Å². The summed E-state index contributed by atoms with van der Waals surface area (Å²) in [5, 5.41) is 0. The van der Waals surface area contributed by atoms with E-state index in [4.69, 9.17) is 25.9 Å². The highest BCUT2D eigenvalue weighted by atomic mass is 16.5. The zero-order valence-corrected chi connectivity index (χ0v) is 24.2. The Balaban J connectivity index is 1.50. The molecule has 0 bridgehead atoms. The average Bonchev–Trinajstić information content (AvgIpc) is 3.00. The first-order valence-corrected chi connectivity index (χ1v) is 13.6. The van der Waals surface area contributed by atoms with E-state index in [2.05, 4.69) is 44.0 Å². The van der Waals surface area contributed by atoms with Gasteiger partial charge in [0.2, 0.25) is 5.95 Å². The van der Waals surface area contributed by atoms with Crippen molar-refractivity contribution in [3.63, 3.8) is 0 Å². The van der Waals surface area contributed by atoms with Crippen molar-refractivity contribution in [2.45, 2.75) is 18.9 Å². The zero-order valence-electron chi connectivity index (χ0n) is 24.2. The topological polar surface area (TPSA) is 133 Å². The number of allylic oxidation sites excluding steroid dienone is 1. The molecule has 0 saturated heterocycles. The Morgan fingerprint density at radius 3 is 2.64 bits per heavy atom. The van der Waals surface area contributed by atoms with Crippen molar-refractivity contribution < 1.29 is 14.3 Å². The number of hydrogen-bond acceptors (Lipinski definition) is 10. The first-order chi connectivity index (χ1) is 20.3. The summed E-state index contributed by atoms with van der Waals surface area (Å²) in [7, 11) is 7.07. The lowest BCUT2D eigenvalue weighted by Crippen LogP contribution is -2.33. The maximum atomic E-state index is 13.7. The van der Waals surface area contributed by atoms with Crippen LogP contribution in [0.25, 0.3) is 0 Å². The maximum Gasteiger partial charge on any atom is 0.221 e. The lowest BCUT2D eigenvalue weighted by Gasteiger charge is -2.36. The van der Waals surface area contributed by atoms with E-state index < -0.39 is 0 Å². The number of pyridine rings is 1. The standard InChI is InChI=1S/C32H35N7O3/c1-38(2)23-9-12-35-26(18-23)29-24-8-6-5-7-21(24)10-13-39(29)14-11-27(40)25-16-20(17-28(41-3)30(25)42-4)15-22-19-36-32(34)37-31(22)33/h5-9,11-12,14,16-19,29H,10,13,15H2,1-4H3,(H4,33,34,36,37)/b14-11+. The molecular weight excluding hydrogens is 530 g/mol. The third kappa shape index (κ3) is 5.83. The van der Waals surface area contributed by atoms with Crippen LogP contribution in [0.5, 0.6) is 11.5 Å². The maximum absolute atomic E-state index is 13.7. The molecule has 0 radical (unpaired) electrons.